The number of hydrogen-bond donors (Lipinski definition) is 3. The number of anilines is 2. The van der Waals surface area contributed by atoms with Crippen molar-refractivity contribution in [3.05, 3.63) is 60.2 Å². The first-order chi connectivity index (χ1) is 13.5. The van der Waals surface area contributed by atoms with Crippen LogP contribution in [0.5, 0.6) is 0 Å². The summed E-state index contributed by atoms with van der Waals surface area (Å²) in [6, 6.07) is 18.1. The molecule has 1 fully saturated rings. The maximum absolute atomic E-state index is 12.9. The highest BCUT2D eigenvalue weighted by Gasteiger charge is 2.40. The number of amides is 2. The van der Waals surface area contributed by atoms with E-state index in [1.54, 1.807) is 0 Å². The Morgan fingerprint density at radius 2 is 1.50 bits per heavy atom. The van der Waals surface area contributed by atoms with E-state index in [1.807, 2.05) is 42.5 Å². The summed E-state index contributed by atoms with van der Waals surface area (Å²) < 4.78 is 0. The van der Waals surface area contributed by atoms with Crippen molar-refractivity contribution in [2.24, 2.45) is 0 Å². The van der Waals surface area contributed by atoms with Crippen molar-refractivity contribution in [2.75, 3.05) is 10.6 Å². The second kappa shape index (κ2) is 8.91. The lowest BCUT2D eigenvalue weighted by molar-refractivity contribution is -0.130. The lowest BCUT2D eigenvalue weighted by Crippen LogP contribution is -2.57. The van der Waals surface area contributed by atoms with E-state index in [4.69, 9.17) is 0 Å². The van der Waals surface area contributed by atoms with Crippen molar-refractivity contribution < 1.29 is 9.59 Å². The Morgan fingerprint density at radius 3 is 2.11 bits per heavy atom. The van der Waals surface area contributed by atoms with E-state index < -0.39 is 5.54 Å². The summed E-state index contributed by atoms with van der Waals surface area (Å²) in [5.74, 6) is -0.285. The van der Waals surface area contributed by atoms with Crippen LogP contribution in [0.4, 0.5) is 11.4 Å². The molecule has 0 radical (unpaired) electrons. The monoisotopic (exact) mass is 379 g/mol. The highest BCUT2D eigenvalue weighted by molar-refractivity contribution is 6.00. The maximum Gasteiger partial charge on any atom is 0.250 e. The second-order valence-corrected chi connectivity index (χ2v) is 7.63. The van der Waals surface area contributed by atoms with Gasteiger partial charge in [-0.3, -0.25) is 9.59 Å². The highest BCUT2D eigenvalue weighted by atomic mass is 16.2. The van der Waals surface area contributed by atoms with Crippen LogP contribution in [-0.2, 0) is 9.59 Å². The predicted molar refractivity (Wildman–Crippen MR) is 113 cm³/mol. The van der Waals surface area contributed by atoms with E-state index in [1.165, 1.54) is 12.5 Å². The highest BCUT2D eigenvalue weighted by Crippen LogP contribution is 2.30. The first-order valence-corrected chi connectivity index (χ1v) is 10.0. The average molecular weight is 380 g/mol. The Bertz CT molecular complexity index is 796. The predicted octanol–water partition coefficient (Wildman–Crippen LogP) is 4.64. The molecule has 5 heteroatoms. The smallest absolute Gasteiger partial charge is 0.250 e. The summed E-state index contributed by atoms with van der Waals surface area (Å²) in [6.07, 6.45) is 4.38. The third-order valence-electron chi connectivity index (χ3n) is 5.38. The van der Waals surface area contributed by atoms with Gasteiger partial charge >= 0.3 is 0 Å². The number of hydrogen-bond acceptors (Lipinski definition) is 3. The minimum atomic E-state index is -0.789. The van der Waals surface area contributed by atoms with Crippen LogP contribution in [0.2, 0.25) is 0 Å². The van der Waals surface area contributed by atoms with Crippen LogP contribution >= 0.6 is 0 Å². The number of rotatable bonds is 6. The first kappa shape index (κ1) is 19.9. The van der Waals surface area contributed by atoms with Crippen molar-refractivity contribution in [3.63, 3.8) is 0 Å². The van der Waals surface area contributed by atoms with E-state index in [9.17, 15) is 9.59 Å². The number of benzene rings is 2. The van der Waals surface area contributed by atoms with Gasteiger partial charge in [0.05, 0.1) is 0 Å². The fraction of sp³-hybridized carbons (Fsp3) is 0.391. The molecule has 5 nitrogen and oxygen atoms in total. The van der Waals surface area contributed by atoms with Crippen molar-refractivity contribution in [1.82, 2.24) is 5.32 Å². The Hall–Kier alpha value is -2.82. The van der Waals surface area contributed by atoms with Crippen LogP contribution in [0.3, 0.4) is 0 Å². The molecular weight excluding hydrogens is 350 g/mol. The van der Waals surface area contributed by atoms with E-state index in [0.29, 0.717) is 12.8 Å². The van der Waals surface area contributed by atoms with Gasteiger partial charge in [-0.2, -0.15) is 0 Å². The first-order valence-electron chi connectivity index (χ1n) is 10.0. The maximum atomic E-state index is 12.9. The Labute approximate surface area is 166 Å². The largest absolute Gasteiger partial charge is 0.379 e. The van der Waals surface area contributed by atoms with Crippen LogP contribution in [0, 0.1) is 0 Å². The summed E-state index contributed by atoms with van der Waals surface area (Å²) in [4.78, 5) is 24.6. The molecule has 0 aromatic heterocycles. The molecule has 0 bridgehead atoms. The van der Waals surface area contributed by atoms with Gasteiger partial charge in [-0.15, -0.1) is 0 Å². The van der Waals surface area contributed by atoms with Gasteiger partial charge in [0.15, 0.2) is 0 Å². The lowest BCUT2D eigenvalue weighted by Gasteiger charge is -2.36. The van der Waals surface area contributed by atoms with Gasteiger partial charge in [0.1, 0.15) is 5.54 Å². The standard InChI is InChI=1S/C23H29N3O2/c1-17(19-9-5-3-6-10-19)24-20-11-13-21(14-12-20)25-22(28)23(26-18(2)27)15-7-4-8-16-23/h3,5-6,9-14,17,24H,4,7-8,15-16H2,1-2H3,(H,25,28)(H,26,27). The second-order valence-electron chi connectivity index (χ2n) is 7.63. The molecule has 0 saturated heterocycles. The summed E-state index contributed by atoms with van der Waals surface area (Å²) in [6.45, 7) is 3.59. The normalized spacial score (nSPS) is 16.6. The zero-order valence-corrected chi connectivity index (χ0v) is 16.6. The molecule has 1 unspecified atom stereocenters. The average Bonchev–Trinajstić information content (AvgIpc) is 2.70. The van der Waals surface area contributed by atoms with Crippen molar-refractivity contribution in [2.45, 2.75) is 57.5 Å². The third-order valence-corrected chi connectivity index (χ3v) is 5.38. The van der Waals surface area contributed by atoms with Gasteiger partial charge in [0.2, 0.25) is 11.8 Å². The topological polar surface area (TPSA) is 70.2 Å². The Balaban J connectivity index is 1.64. The number of carbonyl (C=O) groups excluding carboxylic acids is 2. The third kappa shape index (κ3) is 4.91. The number of nitrogens with one attached hydrogen (secondary N) is 3. The van der Waals surface area contributed by atoms with Gasteiger partial charge in [0, 0.05) is 24.3 Å². The van der Waals surface area contributed by atoms with Gasteiger partial charge < -0.3 is 16.0 Å². The summed E-state index contributed by atoms with van der Waals surface area (Å²) >= 11 is 0. The van der Waals surface area contributed by atoms with Gasteiger partial charge in [-0.25, -0.2) is 0 Å². The molecule has 2 aromatic carbocycles. The molecule has 1 aliphatic carbocycles. The Morgan fingerprint density at radius 1 is 0.893 bits per heavy atom. The van der Waals surface area contributed by atoms with Gasteiger partial charge in [-0.05, 0) is 49.6 Å². The molecule has 0 spiro atoms. The van der Waals surface area contributed by atoms with E-state index in [-0.39, 0.29) is 17.9 Å². The van der Waals surface area contributed by atoms with Crippen LogP contribution in [0.1, 0.15) is 57.6 Å². The zero-order chi connectivity index (χ0) is 20.0. The molecule has 28 heavy (non-hydrogen) atoms. The molecule has 2 aromatic rings. The summed E-state index contributed by atoms with van der Waals surface area (Å²) in [7, 11) is 0. The molecule has 1 saturated carbocycles. The van der Waals surface area contributed by atoms with Crippen LogP contribution in [0.25, 0.3) is 0 Å². The molecule has 148 valence electrons. The molecule has 3 rings (SSSR count). The number of carbonyl (C=O) groups is 2. The SMILES string of the molecule is CC(=O)NC1(C(=O)Nc2ccc(NC(C)c3ccccc3)cc2)CCCCC1. The van der Waals surface area contributed by atoms with Crippen molar-refractivity contribution in [3.8, 4) is 0 Å². The molecule has 1 aliphatic rings. The fourth-order valence-electron chi connectivity index (χ4n) is 3.88. The minimum Gasteiger partial charge on any atom is -0.379 e. The molecule has 0 aliphatic heterocycles. The molecule has 1 atom stereocenters. The van der Waals surface area contributed by atoms with Crippen molar-refractivity contribution in [1.29, 1.82) is 0 Å². The molecule has 3 N–H and O–H groups in total. The van der Waals surface area contributed by atoms with Crippen molar-refractivity contribution >= 4 is 23.2 Å². The summed E-state index contributed by atoms with van der Waals surface area (Å²) in [5, 5.41) is 9.36. The van der Waals surface area contributed by atoms with E-state index >= 15 is 0 Å². The molecule has 0 heterocycles. The van der Waals surface area contributed by atoms with Gasteiger partial charge in [-0.1, -0.05) is 49.6 Å². The molecular formula is C23H29N3O2. The fourth-order valence-corrected chi connectivity index (χ4v) is 3.88. The quantitative estimate of drug-likeness (QED) is 0.685. The zero-order valence-electron chi connectivity index (χ0n) is 16.6. The lowest BCUT2D eigenvalue weighted by atomic mass is 9.80. The summed E-state index contributed by atoms with van der Waals surface area (Å²) in [5.41, 5.74) is 2.15. The minimum absolute atomic E-state index is 0.124. The van der Waals surface area contributed by atoms with Gasteiger partial charge in [0.25, 0.3) is 0 Å². The van der Waals surface area contributed by atoms with Crippen LogP contribution in [-0.4, -0.2) is 17.4 Å². The van der Waals surface area contributed by atoms with E-state index in [0.717, 1.165) is 30.6 Å². The van der Waals surface area contributed by atoms with Crippen LogP contribution in [0.15, 0.2) is 54.6 Å². The Kier molecular flexibility index (Phi) is 6.34. The van der Waals surface area contributed by atoms with Crippen LogP contribution < -0.4 is 16.0 Å². The molecule has 2 amide bonds. The van der Waals surface area contributed by atoms with E-state index in [2.05, 4.69) is 35.0 Å².